The van der Waals surface area contributed by atoms with E-state index in [1.54, 1.807) is 7.05 Å². The zero-order chi connectivity index (χ0) is 14.2. The molecule has 1 fully saturated rings. The first-order chi connectivity index (χ1) is 8.81. The smallest absolute Gasteiger partial charge is 0.261 e. The fraction of sp³-hybridized carbons (Fsp3) is 0.727. The van der Waals surface area contributed by atoms with Crippen LogP contribution in [-0.2, 0) is 17.1 Å². The van der Waals surface area contributed by atoms with Gasteiger partial charge in [-0.05, 0) is 33.4 Å². The van der Waals surface area contributed by atoms with Gasteiger partial charge in [0.25, 0.3) is 10.0 Å². The van der Waals surface area contributed by atoms with E-state index in [4.69, 9.17) is 11.6 Å². The lowest BCUT2D eigenvalue weighted by Crippen LogP contribution is -2.47. The van der Waals surface area contributed by atoms with Crippen LogP contribution in [0.5, 0.6) is 0 Å². The van der Waals surface area contributed by atoms with E-state index in [1.165, 1.54) is 10.9 Å². The summed E-state index contributed by atoms with van der Waals surface area (Å²) in [4.78, 5) is 6.08. The van der Waals surface area contributed by atoms with Gasteiger partial charge in [-0.3, -0.25) is 0 Å². The Bertz CT molecular complexity index is 557. The van der Waals surface area contributed by atoms with Gasteiger partial charge in [-0.25, -0.2) is 18.1 Å². The Labute approximate surface area is 118 Å². The van der Waals surface area contributed by atoms with E-state index in [0.29, 0.717) is 6.04 Å². The highest BCUT2D eigenvalue weighted by molar-refractivity contribution is 7.89. The van der Waals surface area contributed by atoms with E-state index in [1.807, 2.05) is 7.05 Å². The number of halogens is 1. The third-order valence-corrected chi connectivity index (χ3v) is 5.63. The molecule has 2 unspecified atom stereocenters. The van der Waals surface area contributed by atoms with Crippen molar-refractivity contribution in [2.24, 2.45) is 7.05 Å². The summed E-state index contributed by atoms with van der Waals surface area (Å²) >= 11 is 5.94. The quantitative estimate of drug-likeness (QED) is 0.898. The Morgan fingerprint density at radius 1 is 1.47 bits per heavy atom. The molecule has 1 aliphatic rings. The van der Waals surface area contributed by atoms with Crippen molar-refractivity contribution in [1.29, 1.82) is 0 Å². The Hall–Kier alpha value is -0.630. The minimum Gasteiger partial charge on any atom is -0.324 e. The lowest BCUT2D eigenvalue weighted by Gasteiger charge is -2.34. The van der Waals surface area contributed by atoms with Gasteiger partial charge >= 0.3 is 0 Å². The third kappa shape index (κ3) is 3.10. The summed E-state index contributed by atoms with van der Waals surface area (Å²) in [6.07, 6.45) is 2.98. The minimum atomic E-state index is -3.64. The van der Waals surface area contributed by atoms with Gasteiger partial charge in [-0.15, -0.1) is 0 Å². The van der Waals surface area contributed by atoms with E-state index in [-0.39, 0.29) is 16.2 Å². The molecule has 108 valence electrons. The van der Waals surface area contributed by atoms with Crippen LogP contribution in [0.3, 0.4) is 0 Å². The average molecular weight is 307 g/mol. The first-order valence-corrected chi connectivity index (χ1v) is 8.06. The fourth-order valence-electron chi connectivity index (χ4n) is 2.25. The number of imidazole rings is 1. The number of piperidine rings is 1. The Morgan fingerprint density at radius 2 is 2.16 bits per heavy atom. The Morgan fingerprint density at radius 3 is 2.68 bits per heavy atom. The number of hydrogen-bond donors (Lipinski definition) is 1. The molecule has 0 bridgehead atoms. The first-order valence-electron chi connectivity index (χ1n) is 6.20. The number of nitrogens with one attached hydrogen (secondary N) is 1. The molecule has 2 atom stereocenters. The highest BCUT2D eigenvalue weighted by Crippen LogP contribution is 2.21. The molecule has 19 heavy (non-hydrogen) atoms. The normalized spacial score (nSPS) is 25.7. The maximum Gasteiger partial charge on any atom is 0.261 e. The number of hydrogen-bond acceptors (Lipinski definition) is 4. The van der Waals surface area contributed by atoms with Crippen molar-refractivity contribution < 1.29 is 8.42 Å². The Kier molecular flexibility index (Phi) is 4.20. The number of aryl methyl sites for hydroxylation is 1. The number of likely N-dealkylation sites (tertiary alicyclic amines) is 1. The summed E-state index contributed by atoms with van der Waals surface area (Å²) in [5, 5.41) is 0.0386. The molecule has 1 N–H and O–H groups in total. The molecule has 1 aromatic heterocycles. The molecule has 1 aromatic rings. The lowest BCUT2D eigenvalue weighted by molar-refractivity contribution is 0.178. The van der Waals surface area contributed by atoms with Crippen LogP contribution in [-0.4, -0.2) is 48.5 Å². The maximum absolute atomic E-state index is 12.2. The fourth-order valence-corrected chi connectivity index (χ4v) is 3.96. The van der Waals surface area contributed by atoms with Crippen molar-refractivity contribution in [1.82, 2.24) is 19.2 Å². The molecule has 2 rings (SSSR count). The van der Waals surface area contributed by atoms with Gasteiger partial charge in [0.2, 0.25) is 5.03 Å². The number of sulfonamides is 1. The van der Waals surface area contributed by atoms with E-state index >= 15 is 0 Å². The average Bonchev–Trinajstić information content (AvgIpc) is 2.65. The number of rotatable bonds is 3. The van der Waals surface area contributed by atoms with Gasteiger partial charge in [-0.2, -0.15) is 0 Å². The molecule has 0 aliphatic carbocycles. The van der Waals surface area contributed by atoms with E-state index in [9.17, 15) is 8.42 Å². The van der Waals surface area contributed by atoms with Gasteiger partial charge in [-0.1, -0.05) is 11.6 Å². The highest BCUT2D eigenvalue weighted by Gasteiger charge is 2.29. The molecule has 0 spiro atoms. The molecular weight excluding hydrogens is 288 g/mol. The van der Waals surface area contributed by atoms with Gasteiger partial charge in [0.1, 0.15) is 5.15 Å². The van der Waals surface area contributed by atoms with Gasteiger partial charge in [0.15, 0.2) is 0 Å². The summed E-state index contributed by atoms with van der Waals surface area (Å²) < 4.78 is 28.7. The van der Waals surface area contributed by atoms with Crippen LogP contribution in [0.1, 0.15) is 19.8 Å². The molecule has 8 heteroatoms. The summed E-state index contributed by atoms with van der Waals surface area (Å²) in [5.41, 5.74) is 0. The van der Waals surface area contributed by atoms with Crippen molar-refractivity contribution >= 4 is 21.6 Å². The van der Waals surface area contributed by atoms with Gasteiger partial charge < -0.3 is 9.47 Å². The molecule has 0 saturated carbocycles. The van der Waals surface area contributed by atoms with Crippen LogP contribution in [0.15, 0.2) is 11.4 Å². The largest absolute Gasteiger partial charge is 0.324 e. The highest BCUT2D eigenvalue weighted by atomic mass is 35.5. The second kappa shape index (κ2) is 5.40. The molecule has 6 nitrogen and oxygen atoms in total. The summed E-state index contributed by atoms with van der Waals surface area (Å²) in [5.74, 6) is 0. The first kappa shape index (κ1) is 14.8. The summed E-state index contributed by atoms with van der Waals surface area (Å²) in [6, 6.07) is 0.301. The van der Waals surface area contributed by atoms with E-state index in [0.717, 1.165) is 19.4 Å². The second-order valence-electron chi connectivity index (χ2n) is 5.12. The molecular formula is C11H19ClN4O2S. The second-order valence-corrected chi connectivity index (χ2v) is 7.11. The summed E-state index contributed by atoms with van der Waals surface area (Å²) in [7, 11) is 0.0623. The molecule has 2 heterocycles. The predicted octanol–water partition coefficient (Wildman–Crippen LogP) is 0.835. The van der Waals surface area contributed by atoms with Crippen molar-refractivity contribution in [2.75, 3.05) is 13.6 Å². The zero-order valence-electron chi connectivity index (χ0n) is 11.3. The van der Waals surface area contributed by atoms with Crippen LogP contribution in [0, 0.1) is 0 Å². The van der Waals surface area contributed by atoms with Crippen molar-refractivity contribution in [2.45, 2.75) is 36.9 Å². The monoisotopic (exact) mass is 306 g/mol. The van der Waals surface area contributed by atoms with Crippen LogP contribution >= 0.6 is 11.6 Å². The number of aromatic nitrogens is 2. The van der Waals surface area contributed by atoms with E-state index in [2.05, 4.69) is 21.5 Å². The predicted molar refractivity (Wildman–Crippen MR) is 73.7 cm³/mol. The van der Waals surface area contributed by atoms with Gasteiger partial charge in [0, 0.05) is 19.1 Å². The molecule has 0 radical (unpaired) electrons. The summed E-state index contributed by atoms with van der Waals surface area (Å²) in [6.45, 7) is 2.97. The molecule has 0 amide bonds. The van der Waals surface area contributed by atoms with Crippen LogP contribution in [0.2, 0.25) is 5.15 Å². The van der Waals surface area contributed by atoms with Crippen molar-refractivity contribution in [3.63, 3.8) is 0 Å². The standard InChI is InChI=1S/C11H19ClN4O2S/c1-8-6-9(4-5-15(8)2)14-19(17,18)11-10(12)16(3)7-13-11/h7-9,14H,4-6H2,1-3H3. The third-order valence-electron chi connectivity index (χ3n) is 3.62. The number of nitrogens with zero attached hydrogens (tertiary/aromatic N) is 3. The molecule has 1 aliphatic heterocycles. The van der Waals surface area contributed by atoms with Crippen LogP contribution in [0.4, 0.5) is 0 Å². The molecule has 1 saturated heterocycles. The Balaban J connectivity index is 2.12. The van der Waals surface area contributed by atoms with Crippen LogP contribution < -0.4 is 4.72 Å². The lowest BCUT2D eigenvalue weighted by atomic mass is 10.0. The van der Waals surface area contributed by atoms with Crippen molar-refractivity contribution in [3.05, 3.63) is 11.5 Å². The van der Waals surface area contributed by atoms with E-state index < -0.39 is 10.0 Å². The zero-order valence-corrected chi connectivity index (χ0v) is 12.9. The van der Waals surface area contributed by atoms with Crippen molar-refractivity contribution in [3.8, 4) is 0 Å². The van der Waals surface area contributed by atoms with Gasteiger partial charge in [0.05, 0.1) is 6.33 Å². The van der Waals surface area contributed by atoms with Crippen LogP contribution in [0.25, 0.3) is 0 Å². The topological polar surface area (TPSA) is 67.2 Å². The molecule has 0 aromatic carbocycles. The maximum atomic E-state index is 12.2. The SMILES string of the molecule is CC1CC(NS(=O)(=O)c2ncn(C)c2Cl)CCN1C. The minimum absolute atomic E-state index is 0.0609.